The van der Waals surface area contributed by atoms with E-state index < -0.39 is 0 Å². The van der Waals surface area contributed by atoms with Crippen molar-refractivity contribution in [3.05, 3.63) is 30.6 Å². The Bertz CT molecular complexity index is 1250. The van der Waals surface area contributed by atoms with Crippen molar-refractivity contribution in [1.29, 1.82) is 0 Å². The van der Waals surface area contributed by atoms with Crippen LogP contribution in [0.25, 0.3) is 33.5 Å². The van der Waals surface area contributed by atoms with E-state index in [1.807, 2.05) is 41.8 Å². The minimum atomic E-state index is 0.129. The van der Waals surface area contributed by atoms with Crippen molar-refractivity contribution in [2.24, 2.45) is 7.05 Å². The van der Waals surface area contributed by atoms with Crippen LogP contribution in [0.5, 0.6) is 0 Å². The van der Waals surface area contributed by atoms with Crippen LogP contribution in [0.2, 0.25) is 0 Å². The molecule has 30 heavy (non-hydrogen) atoms. The Labute approximate surface area is 173 Å². The second kappa shape index (κ2) is 7.01. The molecular weight excluding hydrogens is 380 g/mol. The second-order valence-corrected chi connectivity index (χ2v) is 7.58. The molecule has 154 valence electrons. The highest BCUT2D eigenvalue weighted by atomic mass is 16.2. The van der Waals surface area contributed by atoms with Crippen LogP contribution in [0.4, 0.5) is 11.6 Å². The average molecular weight is 404 g/mol. The number of rotatable bonds is 3. The minimum Gasteiger partial charge on any atom is -0.371 e. The summed E-state index contributed by atoms with van der Waals surface area (Å²) in [7, 11) is 3.84. The predicted molar refractivity (Wildman–Crippen MR) is 118 cm³/mol. The highest BCUT2D eigenvalue weighted by Crippen LogP contribution is 2.31. The fraction of sp³-hybridized carbons (Fsp3) is 0.333. The number of carbonyl (C=O) groups excluding carboxylic acids is 1. The third kappa shape index (κ3) is 2.94. The lowest BCUT2D eigenvalue weighted by atomic mass is 10.2. The van der Waals surface area contributed by atoms with Crippen LogP contribution in [-0.2, 0) is 11.8 Å². The number of piperazine rings is 1. The molecule has 9 heteroatoms. The SMILES string of the molecule is CNc1nc2[nH]c(-c3cccc(N4CCN(C(C)=O)CC4)n3)cc2c2c1ncn2C. The molecule has 1 saturated heterocycles. The number of H-pyrrole nitrogens is 1. The van der Waals surface area contributed by atoms with Gasteiger partial charge in [0.15, 0.2) is 5.82 Å². The van der Waals surface area contributed by atoms with Gasteiger partial charge in [-0.05, 0) is 18.2 Å². The molecule has 0 spiro atoms. The van der Waals surface area contributed by atoms with Crippen LogP contribution in [0.15, 0.2) is 30.6 Å². The van der Waals surface area contributed by atoms with Crippen molar-refractivity contribution >= 4 is 39.6 Å². The fourth-order valence-corrected chi connectivity index (χ4v) is 4.11. The summed E-state index contributed by atoms with van der Waals surface area (Å²) in [6.45, 7) is 4.64. The lowest BCUT2D eigenvalue weighted by molar-refractivity contribution is -0.129. The summed E-state index contributed by atoms with van der Waals surface area (Å²) < 4.78 is 2.01. The molecule has 1 amide bonds. The van der Waals surface area contributed by atoms with E-state index in [4.69, 9.17) is 9.97 Å². The Morgan fingerprint density at radius 3 is 2.70 bits per heavy atom. The number of fused-ring (bicyclic) bond motifs is 3. The van der Waals surface area contributed by atoms with Gasteiger partial charge in [0.2, 0.25) is 5.91 Å². The first kappa shape index (κ1) is 18.4. The van der Waals surface area contributed by atoms with Gasteiger partial charge in [0.05, 0.1) is 23.2 Å². The Morgan fingerprint density at radius 1 is 1.17 bits per heavy atom. The zero-order valence-electron chi connectivity index (χ0n) is 17.3. The smallest absolute Gasteiger partial charge is 0.219 e. The lowest BCUT2D eigenvalue weighted by Gasteiger charge is -2.35. The highest BCUT2D eigenvalue weighted by Gasteiger charge is 2.20. The van der Waals surface area contributed by atoms with Crippen LogP contribution in [0.1, 0.15) is 6.92 Å². The molecule has 5 rings (SSSR count). The van der Waals surface area contributed by atoms with E-state index in [-0.39, 0.29) is 5.91 Å². The Balaban J connectivity index is 1.52. The number of hydrogen-bond acceptors (Lipinski definition) is 6. The van der Waals surface area contributed by atoms with Crippen LogP contribution < -0.4 is 10.2 Å². The molecule has 1 aliphatic rings. The zero-order valence-corrected chi connectivity index (χ0v) is 17.3. The Hall–Kier alpha value is -3.62. The van der Waals surface area contributed by atoms with Gasteiger partial charge in [-0.2, -0.15) is 0 Å². The van der Waals surface area contributed by atoms with Crippen molar-refractivity contribution in [3.63, 3.8) is 0 Å². The van der Waals surface area contributed by atoms with Gasteiger partial charge in [0.1, 0.15) is 17.0 Å². The largest absolute Gasteiger partial charge is 0.371 e. The molecule has 5 heterocycles. The van der Waals surface area contributed by atoms with Gasteiger partial charge >= 0.3 is 0 Å². The third-order valence-corrected chi connectivity index (χ3v) is 5.73. The lowest BCUT2D eigenvalue weighted by Crippen LogP contribution is -2.48. The van der Waals surface area contributed by atoms with Gasteiger partial charge in [0, 0.05) is 52.6 Å². The van der Waals surface area contributed by atoms with Crippen molar-refractivity contribution in [3.8, 4) is 11.4 Å². The first-order chi connectivity index (χ1) is 14.5. The topological polar surface area (TPSA) is 95.0 Å². The molecule has 0 unspecified atom stereocenters. The number of imidazole rings is 1. The van der Waals surface area contributed by atoms with Crippen molar-refractivity contribution in [2.45, 2.75) is 6.92 Å². The number of nitrogens with zero attached hydrogens (tertiary/aromatic N) is 6. The maximum absolute atomic E-state index is 11.6. The molecule has 4 aromatic heterocycles. The van der Waals surface area contributed by atoms with Crippen LogP contribution in [-0.4, -0.2) is 68.5 Å². The number of aromatic amines is 1. The van der Waals surface area contributed by atoms with E-state index in [9.17, 15) is 4.79 Å². The number of aromatic nitrogens is 5. The number of anilines is 2. The van der Waals surface area contributed by atoms with Crippen LogP contribution in [0.3, 0.4) is 0 Å². The fourth-order valence-electron chi connectivity index (χ4n) is 4.11. The summed E-state index contributed by atoms with van der Waals surface area (Å²) in [4.78, 5) is 33.2. The van der Waals surface area contributed by atoms with Gasteiger partial charge in [-0.1, -0.05) is 6.07 Å². The zero-order chi connectivity index (χ0) is 20.8. The first-order valence-electron chi connectivity index (χ1n) is 10.0. The van der Waals surface area contributed by atoms with Crippen molar-refractivity contribution < 1.29 is 4.79 Å². The first-order valence-corrected chi connectivity index (χ1v) is 10.0. The average Bonchev–Trinajstić information content (AvgIpc) is 3.37. The summed E-state index contributed by atoms with van der Waals surface area (Å²) >= 11 is 0. The van der Waals surface area contributed by atoms with Gasteiger partial charge in [-0.15, -0.1) is 0 Å². The molecule has 0 radical (unpaired) electrons. The second-order valence-electron chi connectivity index (χ2n) is 7.58. The van der Waals surface area contributed by atoms with E-state index in [2.05, 4.69) is 26.3 Å². The van der Waals surface area contributed by atoms with E-state index in [1.165, 1.54) is 0 Å². The standard InChI is InChI=1S/C21H24N8O/c1-13(30)28-7-9-29(10-8-28)17-6-4-5-15(24-17)16-11-14-19-18(23-12-27(19)3)21(22-2)26-20(14)25-16/h4-6,11-12H,7-10H2,1-3H3,(H2,22,25,26). The molecule has 2 N–H and O–H groups in total. The van der Waals surface area contributed by atoms with Gasteiger partial charge in [0.25, 0.3) is 0 Å². The number of amides is 1. The highest BCUT2D eigenvalue weighted by molar-refractivity contribution is 6.07. The summed E-state index contributed by atoms with van der Waals surface area (Å²) in [5.74, 6) is 1.80. The maximum atomic E-state index is 11.6. The molecule has 0 aromatic carbocycles. The van der Waals surface area contributed by atoms with E-state index in [0.29, 0.717) is 0 Å². The summed E-state index contributed by atoms with van der Waals surface area (Å²) in [6.07, 6.45) is 1.80. The third-order valence-electron chi connectivity index (χ3n) is 5.73. The van der Waals surface area contributed by atoms with Gasteiger partial charge in [-0.25, -0.2) is 15.0 Å². The van der Waals surface area contributed by atoms with Crippen molar-refractivity contribution in [2.75, 3.05) is 43.4 Å². The summed E-state index contributed by atoms with van der Waals surface area (Å²) in [6, 6.07) is 8.13. The summed E-state index contributed by atoms with van der Waals surface area (Å²) in [5.41, 5.74) is 4.46. The number of aryl methyl sites for hydroxylation is 1. The molecule has 0 atom stereocenters. The molecule has 1 aliphatic heterocycles. The Kier molecular flexibility index (Phi) is 4.30. The monoisotopic (exact) mass is 404 g/mol. The van der Waals surface area contributed by atoms with Crippen LogP contribution >= 0.6 is 0 Å². The molecule has 9 nitrogen and oxygen atoms in total. The predicted octanol–water partition coefficient (Wildman–Crippen LogP) is 2.22. The van der Waals surface area contributed by atoms with Gasteiger partial charge < -0.3 is 24.7 Å². The maximum Gasteiger partial charge on any atom is 0.219 e. The van der Waals surface area contributed by atoms with E-state index in [1.54, 1.807) is 13.3 Å². The van der Waals surface area contributed by atoms with E-state index >= 15 is 0 Å². The molecule has 0 saturated carbocycles. The van der Waals surface area contributed by atoms with E-state index in [0.717, 1.165) is 71.3 Å². The molecule has 4 aromatic rings. The quantitative estimate of drug-likeness (QED) is 0.544. The molecular formula is C21H24N8O. The normalized spacial score (nSPS) is 14.6. The minimum absolute atomic E-state index is 0.129. The number of carbonyl (C=O) groups is 1. The Morgan fingerprint density at radius 2 is 1.97 bits per heavy atom. The van der Waals surface area contributed by atoms with Crippen LogP contribution in [0, 0.1) is 0 Å². The number of pyridine rings is 2. The van der Waals surface area contributed by atoms with Gasteiger partial charge in [-0.3, -0.25) is 4.79 Å². The molecule has 1 fully saturated rings. The summed E-state index contributed by atoms with van der Waals surface area (Å²) in [5, 5.41) is 4.15. The molecule has 0 aliphatic carbocycles. The van der Waals surface area contributed by atoms with Crippen molar-refractivity contribution in [1.82, 2.24) is 29.4 Å². The number of hydrogen-bond donors (Lipinski definition) is 2. The number of nitrogens with one attached hydrogen (secondary N) is 2. The molecule has 0 bridgehead atoms.